The molecule has 2 rings (SSSR count). The second kappa shape index (κ2) is 5.29. The fourth-order valence-electron chi connectivity index (χ4n) is 3.39. The van der Waals surface area contributed by atoms with Crippen molar-refractivity contribution in [1.82, 2.24) is 4.72 Å². The first kappa shape index (κ1) is 16.3. The average Bonchev–Trinajstić information content (AvgIpc) is 2.65. The largest absolute Gasteiger partial charge is 0.398 e. The third-order valence-corrected chi connectivity index (χ3v) is 6.54. The van der Waals surface area contributed by atoms with Crippen LogP contribution in [0.2, 0.25) is 0 Å². The molecule has 0 aliphatic heterocycles. The molecule has 1 aromatic rings. The minimum Gasteiger partial charge on any atom is -0.398 e. The smallest absolute Gasteiger partial charge is 0.241 e. The number of benzene rings is 1. The van der Waals surface area contributed by atoms with Gasteiger partial charge in [0.25, 0.3) is 0 Å². The van der Waals surface area contributed by atoms with E-state index in [4.69, 9.17) is 5.73 Å². The van der Waals surface area contributed by atoms with Crippen molar-refractivity contribution in [2.75, 3.05) is 5.73 Å². The van der Waals surface area contributed by atoms with Crippen molar-refractivity contribution in [3.05, 3.63) is 22.8 Å². The number of nitrogens with one attached hydrogen (secondary N) is 1. The number of hydrogen-bond acceptors (Lipinski definition) is 3. The number of hydrogen-bond donors (Lipinski definition) is 2. The van der Waals surface area contributed by atoms with Crippen molar-refractivity contribution in [3.63, 3.8) is 0 Å². The van der Waals surface area contributed by atoms with Crippen LogP contribution in [0.4, 0.5) is 5.69 Å². The van der Waals surface area contributed by atoms with Crippen LogP contribution in [0.15, 0.2) is 11.0 Å². The summed E-state index contributed by atoms with van der Waals surface area (Å²) in [7, 11) is -3.55. The molecule has 1 aromatic carbocycles. The van der Waals surface area contributed by atoms with Gasteiger partial charge in [-0.2, -0.15) is 0 Å². The van der Waals surface area contributed by atoms with Crippen LogP contribution in [0, 0.1) is 26.2 Å². The van der Waals surface area contributed by atoms with Crippen molar-refractivity contribution in [2.45, 2.75) is 64.8 Å². The highest BCUT2D eigenvalue weighted by Gasteiger charge is 2.38. The molecule has 1 saturated carbocycles. The van der Waals surface area contributed by atoms with E-state index in [1.54, 1.807) is 6.92 Å². The second-order valence-electron chi connectivity index (χ2n) is 6.93. The molecular formula is C16H26N2O2S. The molecule has 0 aromatic heterocycles. The summed E-state index contributed by atoms with van der Waals surface area (Å²) in [5, 5.41) is 0. The Morgan fingerprint density at radius 1 is 1.24 bits per heavy atom. The highest BCUT2D eigenvalue weighted by Crippen LogP contribution is 2.38. The summed E-state index contributed by atoms with van der Waals surface area (Å²) < 4.78 is 28.5. The van der Waals surface area contributed by atoms with E-state index in [-0.39, 0.29) is 11.5 Å². The van der Waals surface area contributed by atoms with Gasteiger partial charge in [0.2, 0.25) is 10.0 Å². The molecular weight excluding hydrogens is 284 g/mol. The lowest BCUT2D eigenvalue weighted by Gasteiger charge is -2.28. The van der Waals surface area contributed by atoms with Gasteiger partial charge >= 0.3 is 0 Å². The third kappa shape index (κ3) is 2.94. The van der Waals surface area contributed by atoms with E-state index in [1.165, 1.54) is 0 Å². The number of anilines is 1. The molecule has 4 nitrogen and oxygen atoms in total. The molecule has 1 atom stereocenters. The first-order chi connectivity index (χ1) is 9.56. The summed E-state index contributed by atoms with van der Waals surface area (Å²) >= 11 is 0. The molecule has 0 saturated heterocycles. The van der Waals surface area contributed by atoms with E-state index < -0.39 is 10.0 Å². The highest BCUT2D eigenvalue weighted by atomic mass is 32.2. The maximum atomic E-state index is 12.8. The molecule has 1 aliphatic rings. The molecule has 1 unspecified atom stereocenters. The van der Waals surface area contributed by atoms with Crippen LogP contribution in [-0.4, -0.2) is 14.5 Å². The van der Waals surface area contributed by atoms with E-state index in [1.807, 2.05) is 19.9 Å². The van der Waals surface area contributed by atoms with Gasteiger partial charge < -0.3 is 5.73 Å². The summed E-state index contributed by atoms with van der Waals surface area (Å²) in [6.45, 7) is 9.75. The van der Waals surface area contributed by atoms with E-state index >= 15 is 0 Å². The normalized spacial score (nSPS) is 21.7. The lowest BCUT2D eigenvalue weighted by atomic mass is 9.88. The van der Waals surface area contributed by atoms with Crippen molar-refractivity contribution in [2.24, 2.45) is 5.41 Å². The maximum absolute atomic E-state index is 12.8. The Balaban J connectivity index is 2.44. The van der Waals surface area contributed by atoms with Crippen molar-refractivity contribution >= 4 is 15.7 Å². The zero-order chi connectivity index (χ0) is 16.0. The van der Waals surface area contributed by atoms with E-state index in [2.05, 4.69) is 18.6 Å². The van der Waals surface area contributed by atoms with Crippen LogP contribution in [0.3, 0.4) is 0 Å². The molecule has 0 amide bonds. The van der Waals surface area contributed by atoms with E-state index in [9.17, 15) is 8.42 Å². The minimum atomic E-state index is -3.55. The van der Waals surface area contributed by atoms with Crippen LogP contribution >= 0.6 is 0 Å². The number of nitrogens with two attached hydrogens (primary N) is 1. The number of rotatable bonds is 3. The predicted molar refractivity (Wildman–Crippen MR) is 86.8 cm³/mol. The van der Waals surface area contributed by atoms with Gasteiger partial charge in [0.05, 0.1) is 4.90 Å². The molecule has 1 fully saturated rings. The molecule has 5 heteroatoms. The van der Waals surface area contributed by atoms with Crippen LogP contribution in [-0.2, 0) is 10.0 Å². The summed E-state index contributed by atoms with van der Waals surface area (Å²) in [6.07, 6.45) is 3.01. The summed E-state index contributed by atoms with van der Waals surface area (Å²) in [5.41, 5.74) is 8.91. The van der Waals surface area contributed by atoms with Crippen LogP contribution in [0.1, 0.15) is 49.8 Å². The van der Waals surface area contributed by atoms with Gasteiger partial charge in [-0.15, -0.1) is 0 Å². The first-order valence-corrected chi connectivity index (χ1v) is 8.93. The topological polar surface area (TPSA) is 72.2 Å². The van der Waals surface area contributed by atoms with Gasteiger partial charge in [-0.3, -0.25) is 0 Å². The summed E-state index contributed by atoms with van der Waals surface area (Å²) in [4.78, 5) is 0.341. The Morgan fingerprint density at radius 3 is 2.38 bits per heavy atom. The fraction of sp³-hybridized carbons (Fsp3) is 0.625. The van der Waals surface area contributed by atoms with Crippen molar-refractivity contribution in [3.8, 4) is 0 Å². The monoisotopic (exact) mass is 310 g/mol. The molecule has 118 valence electrons. The summed E-state index contributed by atoms with van der Waals surface area (Å²) in [6, 6.07) is 1.83. The number of sulfonamides is 1. The van der Waals surface area contributed by atoms with Crippen molar-refractivity contribution in [1.29, 1.82) is 0 Å². The minimum absolute atomic E-state index is 0.00508. The average molecular weight is 310 g/mol. The summed E-state index contributed by atoms with van der Waals surface area (Å²) in [5.74, 6) is 0. The van der Waals surface area contributed by atoms with E-state index in [0.717, 1.165) is 30.4 Å². The number of nitrogen functional groups attached to an aromatic ring is 1. The molecule has 0 heterocycles. The fourth-order valence-corrected chi connectivity index (χ4v) is 5.31. The van der Waals surface area contributed by atoms with Gasteiger partial charge in [-0.25, -0.2) is 13.1 Å². The highest BCUT2D eigenvalue weighted by molar-refractivity contribution is 7.89. The molecule has 0 radical (unpaired) electrons. The second-order valence-corrected chi connectivity index (χ2v) is 8.58. The molecule has 1 aliphatic carbocycles. The van der Waals surface area contributed by atoms with E-state index in [0.29, 0.717) is 16.1 Å². The standard InChI is InChI=1S/C16H26N2O2S/c1-10-9-11(2)15(12(3)14(10)17)21(19,20)18-13-7-6-8-16(13,4)5/h9,13,18H,6-8,17H2,1-5H3. The molecule has 21 heavy (non-hydrogen) atoms. The Morgan fingerprint density at radius 2 is 1.86 bits per heavy atom. The molecule has 0 spiro atoms. The Labute approximate surface area is 128 Å². The molecule has 3 N–H and O–H groups in total. The van der Waals surface area contributed by atoms with Crippen molar-refractivity contribution < 1.29 is 8.42 Å². The zero-order valence-corrected chi connectivity index (χ0v) is 14.4. The third-order valence-electron chi connectivity index (χ3n) is 4.78. The van der Waals surface area contributed by atoms with Gasteiger partial charge in [0, 0.05) is 11.7 Å². The lowest BCUT2D eigenvalue weighted by molar-refractivity contribution is 0.313. The zero-order valence-electron chi connectivity index (χ0n) is 13.6. The SMILES string of the molecule is Cc1cc(C)c(S(=O)(=O)NC2CCCC2(C)C)c(C)c1N. The quantitative estimate of drug-likeness (QED) is 0.843. The van der Waals surface area contributed by atoms with Crippen LogP contribution < -0.4 is 10.5 Å². The van der Waals surface area contributed by atoms with Crippen LogP contribution in [0.5, 0.6) is 0 Å². The lowest BCUT2D eigenvalue weighted by Crippen LogP contribution is -2.41. The van der Waals surface area contributed by atoms with Gasteiger partial charge in [0.1, 0.15) is 0 Å². The Kier molecular flexibility index (Phi) is 4.10. The molecule has 0 bridgehead atoms. The van der Waals surface area contributed by atoms with Crippen LogP contribution in [0.25, 0.3) is 0 Å². The Bertz CT molecular complexity index is 663. The van der Waals surface area contributed by atoms with Gasteiger partial charge in [-0.05, 0) is 55.7 Å². The van der Waals surface area contributed by atoms with Gasteiger partial charge in [0.15, 0.2) is 0 Å². The predicted octanol–water partition coefficient (Wildman–Crippen LogP) is 3.05. The maximum Gasteiger partial charge on any atom is 0.241 e. The first-order valence-electron chi connectivity index (χ1n) is 7.45. The number of aryl methyl sites for hydroxylation is 2. The Hall–Kier alpha value is -1.07. The van der Waals surface area contributed by atoms with Gasteiger partial charge in [-0.1, -0.05) is 26.3 Å².